The van der Waals surface area contributed by atoms with E-state index in [-0.39, 0.29) is 0 Å². The summed E-state index contributed by atoms with van der Waals surface area (Å²) in [6.07, 6.45) is 13.2. The largest absolute Gasteiger partial charge is 0.314 e. The second-order valence-electron chi connectivity index (χ2n) is 5.63. The van der Waals surface area contributed by atoms with Gasteiger partial charge in [-0.15, -0.1) is 0 Å². The minimum absolute atomic E-state index is 0.899. The highest BCUT2D eigenvalue weighted by molar-refractivity contribution is 4.84. The minimum Gasteiger partial charge on any atom is -0.314 e. The Balaban J connectivity index is 1.78. The van der Waals surface area contributed by atoms with Crippen LogP contribution in [0.15, 0.2) is 0 Å². The van der Waals surface area contributed by atoms with Gasteiger partial charge in [0.05, 0.1) is 0 Å². The highest BCUT2D eigenvalue weighted by atomic mass is 14.9. The van der Waals surface area contributed by atoms with Gasteiger partial charge < -0.3 is 5.32 Å². The predicted molar refractivity (Wildman–Crippen MR) is 66.0 cm³/mol. The summed E-state index contributed by atoms with van der Waals surface area (Å²) in [5, 5.41) is 3.74. The molecule has 0 bridgehead atoms. The molecule has 0 heterocycles. The summed E-state index contributed by atoms with van der Waals surface area (Å²) in [5.74, 6) is 2.02. The van der Waals surface area contributed by atoms with Crippen molar-refractivity contribution in [2.45, 2.75) is 70.8 Å². The Morgan fingerprint density at radius 1 is 0.933 bits per heavy atom. The van der Waals surface area contributed by atoms with E-state index in [4.69, 9.17) is 0 Å². The average Bonchev–Trinajstić information content (AvgIpc) is 3.03. The number of hydrogen-bond acceptors (Lipinski definition) is 1. The normalized spacial score (nSPS) is 32.6. The number of hydrogen-bond donors (Lipinski definition) is 1. The smallest absolute Gasteiger partial charge is 0.00683 e. The van der Waals surface area contributed by atoms with Crippen LogP contribution in [-0.2, 0) is 0 Å². The van der Waals surface area contributed by atoms with E-state index in [0.717, 1.165) is 17.9 Å². The van der Waals surface area contributed by atoms with Crippen LogP contribution >= 0.6 is 0 Å². The van der Waals surface area contributed by atoms with Gasteiger partial charge >= 0.3 is 0 Å². The summed E-state index contributed by atoms with van der Waals surface area (Å²) in [6.45, 7) is 3.66. The Kier molecular flexibility index (Phi) is 4.49. The zero-order chi connectivity index (χ0) is 10.5. The maximum absolute atomic E-state index is 3.74. The van der Waals surface area contributed by atoms with Crippen molar-refractivity contribution in [1.82, 2.24) is 5.32 Å². The van der Waals surface area contributed by atoms with Gasteiger partial charge in [-0.2, -0.15) is 0 Å². The highest BCUT2D eigenvalue weighted by Gasteiger charge is 2.26. The minimum atomic E-state index is 0.899. The van der Waals surface area contributed by atoms with E-state index >= 15 is 0 Å². The molecule has 0 aromatic rings. The van der Waals surface area contributed by atoms with Crippen LogP contribution in [0, 0.1) is 11.8 Å². The summed E-state index contributed by atoms with van der Waals surface area (Å²) in [7, 11) is 0. The van der Waals surface area contributed by atoms with E-state index in [2.05, 4.69) is 12.2 Å². The van der Waals surface area contributed by atoms with Crippen molar-refractivity contribution < 1.29 is 0 Å². The van der Waals surface area contributed by atoms with E-state index in [0.29, 0.717) is 0 Å². The molecule has 0 saturated heterocycles. The standard InChI is InChI=1S/C14H27N/c1-2-6-12-7-4-3-5-8-13(12)11-15-14-9-10-14/h12-15H,2-11H2,1H3. The van der Waals surface area contributed by atoms with E-state index < -0.39 is 0 Å². The first-order chi connectivity index (χ1) is 7.40. The van der Waals surface area contributed by atoms with Crippen LogP contribution in [0.25, 0.3) is 0 Å². The van der Waals surface area contributed by atoms with Crippen molar-refractivity contribution in [1.29, 1.82) is 0 Å². The van der Waals surface area contributed by atoms with Gasteiger partial charge in [-0.3, -0.25) is 0 Å². The van der Waals surface area contributed by atoms with Crippen LogP contribution in [0.2, 0.25) is 0 Å². The van der Waals surface area contributed by atoms with Crippen LogP contribution in [-0.4, -0.2) is 12.6 Å². The molecule has 0 radical (unpaired) electrons. The molecule has 0 amide bonds. The van der Waals surface area contributed by atoms with Crippen LogP contribution in [0.1, 0.15) is 64.7 Å². The topological polar surface area (TPSA) is 12.0 Å². The van der Waals surface area contributed by atoms with E-state index in [1.807, 2.05) is 0 Å². The molecular weight excluding hydrogens is 182 g/mol. The van der Waals surface area contributed by atoms with Crippen molar-refractivity contribution in [2.75, 3.05) is 6.54 Å². The Bertz CT molecular complexity index is 174. The number of rotatable bonds is 5. The molecule has 88 valence electrons. The lowest BCUT2D eigenvalue weighted by atomic mass is 9.84. The monoisotopic (exact) mass is 209 g/mol. The maximum Gasteiger partial charge on any atom is 0.00683 e. The molecule has 1 heteroatoms. The molecule has 2 unspecified atom stereocenters. The van der Waals surface area contributed by atoms with Gasteiger partial charge in [0.1, 0.15) is 0 Å². The molecule has 1 N–H and O–H groups in total. The zero-order valence-corrected chi connectivity index (χ0v) is 10.3. The van der Waals surface area contributed by atoms with Crippen LogP contribution in [0.4, 0.5) is 0 Å². The molecule has 0 aromatic carbocycles. The fraction of sp³-hybridized carbons (Fsp3) is 1.00. The molecule has 2 atom stereocenters. The molecule has 2 aliphatic rings. The zero-order valence-electron chi connectivity index (χ0n) is 10.3. The molecule has 1 nitrogen and oxygen atoms in total. The first kappa shape index (κ1) is 11.4. The third-order valence-electron chi connectivity index (χ3n) is 4.22. The summed E-state index contributed by atoms with van der Waals surface area (Å²) in [6, 6.07) is 0.899. The summed E-state index contributed by atoms with van der Waals surface area (Å²) in [4.78, 5) is 0. The van der Waals surface area contributed by atoms with Crippen molar-refractivity contribution in [2.24, 2.45) is 11.8 Å². The predicted octanol–water partition coefficient (Wildman–Crippen LogP) is 3.74. The molecule has 0 spiro atoms. The molecule has 2 aliphatic carbocycles. The van der Waals surface area contributed by atoms with Crippen LogP contribution < -0.4 is 5.32 Å². The van der Waals surface area contributed by atoms with E-state index in [9.17, 15) is 0 Å². The molecule has 0 aliphatic heterocycles. The van der Waals surface area contributed by atoms with Crippen molar-refractivity contribution in [3.63, 3.8) is 0 Å². The van der Waals surface area contributed by atoms with Crippen LogP contribution in [0.3, 0.4) is 0 Å². The summed E-state index contributed by atoms with van der Waals surface area (Å²) < 4.78 is 0. The van der Waals surface area contributed by atoms with Crippen molar-refractivity contribution >= 4 is 0 Å². The highest BCUT2D eigenvalue weighted by Crippen LogP contribution is 2.32. The Hall–Kier alpha value is -0.0400. The third-order valence-corrected chi connectivity index (χ3v) is 4.22. The first-order valence-corrected chi connectivity index (χ1v) is 7.13. The fourth-order valence-corrected chi connectivity index (χ4v) is 3.09. The van der Waals surface area contributed by atoms with Gasteiger partial charge in [0.15, 0.2) is 0 Å². The third kappa shape index (κ3) is 3.79. The summed E-state index contributed by atoms with van der Waals surface area (Å²) in [5.41, 5.74) is 0. The molecule has 2 saturated carbocycles. The van der Waals surface area contributed by atoms with Gasteiger partial charge in [0, 0.05) is 6.04 Å². The molecule has 0 aromatic heterocycles. The lowest BCUT2D eigenvalue weighted by molar-refractivity contribution is 0.280. The maximum atomic E-state index is 3.74. The molecule has 2 fully saturated rings. The molecule has 2 rings (SSSR count). The average molecular weight is 209 g/mol. The Morgan fingerprint density at radius 2 is 1.67 bits per heavy atom. The first-order valence-electron chi connectivity index (χ1n) is 7.13. The van der Waals surface area contributed by atoms with Crippen molar-refractivity contribution in [3.8, 4) is 0 Å². The summed E-state index contributed by atoms with van der Waals surface area (Å²) >= 11 is 0. The SMILES string of the molecule is CCCC1CCCCCC1CNC1CC1. The lowest BCUT2D eigenvalue weighted by Gasteiger charge is -2.25. The van der Waals surface area contributed by atoms with Crippen LogP contribution in [0.5, 0.6) is 0 Å². The second kappa shape index (κ2) is 5.89. The lowest BCUT2D eigenvalue weighted by Crippen LogP contribution is -2.29. The molecular formula is C14H27N. The van der Waals surface area contributed by atoms with Gasteiger partial charge in [0.25, 0.3) is 0 Å². The number of nitrogens with one attached hydrogen (secondary N) is 1. The van der Waals surface area contributed by atoms with Gasteiger partial charge in [0.2, 0.25) is 0 Å². The van der Waals surface area contributed by atoms with E-state index in [1.54, 1.807) is 0 Å². The van der Waals surface area contributed by atoms with Gasteiger partial charge in [-0.1, -0.05) is 45.4 Å². The van der Waals surface area contributed by atoms with E-state index in [1.165, 1.54) is 64.3 Å². The quantitative estimate of drug-likeness (QED) is 0.680. The molecule has 15 heavy (non-hydrogen) atoms. The van der Waals surface area contributed by atoms with Crippen molar-refractivity contribution in [3.05, 3.63) is 0 Å². The van der Waals surface area contributed by atoms with Gasteiger partial charge in [-0.05, 0) is 37.6 Å². The Morgan fingerprint density at radius 3 is 2.33 bits per heavy atom. The second-order valence-corrected chi connectivity index (χ2v) is 5.63. The van der Waals surface area contributed by atoms with Gasteiger partial charge in [-0.25, -0.2) is 0 Å². The fourth-order valence-electron chi connectivity index (χ4n) is 3.09. The Labute approximate surface area is 95.0 Å².